The van der Waals surface area contributed by atoms with Gasteiger partial charge in [-0.1, -0.05) is 44.7 Å². The zero-order valence-electron chi connectivity index (χ0n) is 29.4. The van der Waals surface area contributed by atoms with Crippen LogP contribution in [-0.4, -0.2) is 75.7 Å². The number of rotatable bonds is 8. The Bertz CT molecular complexity index is 1910. The molecule has 10 heteroatoms. The van der Waals surface area contributed by atoms with Crippen molar-refractivity contribution in [2.45, 2.75) is 83.8 Å². The average Bonchev–Trinajstić information content (AvgIpc) is 3.56. The van der Waals surface area contributed by atoms with Gasteiger partial charge in [-0.05, 0) is 91.8 Å². The normalized spacial score (nSPS) is 21.5. The summed E-state index contributed by atoms with van der Waals surface area (Å²) in [7, 11) is 1.32. The second-order valence-corrected chi connectivity index (χ2v) is 14.5. The highest BCUT2D eigenvalue weighted by molar-refractivity contribution is 6.03. The Morgan fingerprint density at radius 3 is 2.28 bits per heavy atom. The van der Waals surface area contributed by atoms with Crippen molar-refractivity contribution in [3.63, 3.8) is 0 Å². The number of carbonyl (C=O) groups is 3. The monoisotopic (exact) mass is 674 g/mol. The summed E-state index contributed by atoms with van der Waals surface area (Å²) >= 11 is 0. The Morgan fingerprint density at radius 2 is 1.58 bits per heavy atom. The third kappa shape index (κ3) is 6.91. The van der Waals surface area contributed by atoms with E-state index in [0.717, 1.165) is 90.8 Å². The average molecular weight is 675 g/mol. The van der Waals surface area contributed by atoms with Crippen LogP contribution >= 0.6 is 0 Å². The molecule has 2 aromatic carbocycles. The molecule has 260 valence electrons. The minimum Gasteiger partial charge on any atom is -0.453 e. The minimum atomic E-state index is -0.577. The van der Waals surface area contributed by atoms with E-state index >= 15 is 0 Å². The van der Waals surface area contributed by atoms with Gasteiger partial charge < -0.3 is 24.8 Å². The Kier molecular flexibility index (Phi) is 9.50. The van der Waals surface area contributed by atoms with Crippen LogP contribution in [0.25, 0.3) is 16.6 Å². The fourth-order valence-corrected chi connectivity index (χ4v) is 7.42. The third-order valence-electron chi connectivity index (χ3n) is 10.8. The molecule has 2 saturated heterocycles. The maximum absolute atomic E-state index is 13.6. The zero-order valence-corrected chi connectivity index (χ0v) is 29.4. The number of carbonyl (C=O) groups excluding carboxylic acids is 3. The number of H-pyrrole nitrogens is 1. The van der Waals surface area contributed by atoms with Gasteiger partial charge >= 0.3 is 6.09 Å². The van der Waals surface area contributed by atoms with Crippen LogP contribution in [-0.2, 0) is 14.3 Å². The van der Waals surface area contributed by atoms with E-state index in [9.17, 15) is 14.4 Å². The summed E-state index contributed by atoms with van der Waals surface area (Å²) in [5.41, 5.74) is 6.86. The lowest BCUT2D eigenvalue weighted by atomic mass is 9.94. The second-order valence-electron chi connectivity index (χ2n) is 14.5. The van der Waals surface area contributed by atoms with Gasteiger partial charge in [-0.25, -0.2) is 9.78 Å². The first kappa shape index (κ1) is 33.6. The van der Waals surface area contributed by atoms with Crippen LogP contribution in [0.5, 0.6) is 0 Å². The lowest BCUT2D eigenvalue weighted by Crippen LogP contribution is -2.49. The van der Waals surface area contributed by atoms with E-state index in [4.69, 9.17) is 14.7 Å². The number of allylic oxidation sites excluding steroid dienone is 1. The van der Waals surface area contributed by atoms with Crippen molar-refractivity contribution in [3.05, 3.63) is 71.2 Å². The molecule has 3 amide bonds. The number of benzene rings is 2. The molecule has 4 atom stereocenters. The first-order valence-corrected chi connectivity index (χ1v) is 18.0. The molecule has 0 bridgehead atoms. The number of ether oxygens (including phenoxy) is 1. The van der Waals surface area contributed by atoms with Crippen LogP contribution in [0.15, 0.2) is 53.7 Å². The molecule has 3 fully saturated rings. The van der Waals surface area contributed by atoms with Crippen molar-refractivity contribution in [1.29, 1.82) is 0 Å². The summed E-state index contributed by atoms with van der Waals surface area (Å²) in [6.45, 7) is 7.70. The maximum Gasteiger partial charge on any atom is 0.407 e. The number of aliphatic imine (C=N–C) groups is 1. The standard InChI is InChI=1S/C40H46N6O4/c1-24(2)25(3)38(47)45-19-5-7-34(45)33-22-30(23-41-33)28-14-11-26(12-15-28)9-10-27-13-18-31-32(21-27)43-37(42-31)35-8-6-20-46(35)39(48)36(29-16-17-29)44-40(49)50-4/h11-15,18,21,23-25,29,34-36H,5-8,16-17,19-20,22H2,1-4H3,(H,42,43)(H,44,49)/t25-,34-,35-,36-/m0/s1. The third-order valence-corrected chi connectivity index (χ3v) is 10.8. The van der Waals surface area contributed by atoms with Crippen LogP contribution in [0.2, 0.25) is 0 Å². The molecule has 2 N–H and O–H groups in total. The van der Waals surface area contributed by atoms with E-state index in [2.05, 4.69) is 53.0 Å². The molecule has 1 aromatic heterocycles. The zero-order chi connectivity index (χ0) is 34.9. The second kappa shape index (κ2) is 14.1. The molecule has 3 aliphatic heterocycles. The Labute approximate surface area is 293 Å². The van der Waals surface area contributed by atoms with Crippen molar-refractivity contribution >= 4 is 40.2 Å². The Morgan fingerprint density at radius 1 is 0.900 bits per heavy atom. The van der Waals surface area contributed by atoms with Gasteiger partial charge in [-0.3, -0.25) is 14.6 Å². The largest absolute Gasteiger partial charge is 0.453 e. The first-order chi connectivity index (χ1) is 24.2. The van der Waals surface area contributed by atoms with Crippen LogP contribution in [0.3, 0.4) is 0 Å². The molecule has 0 spiro atoms. The summed E-state index contributed by atoms with van der Waals surface area (Å²) in [5, 5.41) is 2.76. The molecule has 10 nitrogen and oxygen atoms in total. The number of alkyl carbamates (subject to hydrolysis) is 1. The van der Waals surface area contributed by atoms with Gasteiger partial charge in [-0.15, -0.1) is 0 Å². The summed E-state index contributed by atoms with van der Waals surface area (Å²) < 4.78 is 4.78. The topological polar surface area (TPSA) is 120 Å². The summed E-state index contributed by atoms with van der Waals surface area (Å²) in [4.78, 5) is 55.7. The van der Waals surface area contributed by atoms with E-state index < -0.39 is 12.1 Å². The predicted molar refractivity (Wildman–Crippen MR) is 193 cm³/mol. The van der Waals surface area contributed by atoms with Crippen molar-refractivity contribution in [2.75, 3.05) is 20.2 Å². The van der Waals surface area contributed by atoms with Gasteiger partial charge in [0, 0.05) is 48.5 Å². The lowest BCUT2D eigenvalue weighted by molar-refractivity contribution is -0.136. The molecule has 50 heavy (non-hydrogen) atoms. The van der Waals surface area contributed by atoms with Gasteiger partial charge in [0.05, 0.1) is 30.2 Å². The summed E-state index contributed by atoms with van der Waals surface area (Å²) in [5.74, 6) is 8.01. The summed E-state index contributed by atoms with van der Waals surface area (Å²) in [6, 6.07) is 13.6. The van der Waals surface area contributed by atoms with Crippen molar-refractivity contribution in [2.24, 2.45) is 22.7 Å². The molecule has 7 rings (SSSR count). The molecule has 1 aliphatic carbocycles. The number of nitrogens with one attached hydrogen (secondary N) is 2. The lowest BCUT2D eigenvalue weighted by Gasteiger charge is -2.29. The molecule has 0 radical (unpaired) electrons. The number of imidazole rings is 1. The van der Waals surface area contributed by atoms with Crippen LogP contribution in [0.1, 0.15) is 94.3 Å². The number of aromatic amines is 1. The van der Waals surface area contributed by atoms with Gasteiger partial charge in [0.15, 0.2) is 0 Å². The molecular formula is C40H46N6O4. The Balaban J connectivity index is 0.990. The predicted octanol–water partition coefficient (Wildman–Crippen LogP) is 6.23. The fourth-order valence-electron chi connectivity index (χ4n) is 7.42. The van der Waals surface area contributed by atoms with Crippen molar-refractivity contribution in [3.8, 4) is 11.8 Å². The van der Waals surface area contributed by atoms with Crippen LogP contribution in [0, 0.1) is 29.6 Å². The number of aromatic nitrogens is 2. The number of fused-ring (bicyclic) bond motifs is 1. The van der Waals surface area contributed by atoms with Crippen molar-refractivity contribution in [1.82, 2.24) is 25.1 Å². The smallest absolute Gasteiger partial charge is 0.407 e. The fraction of sp³-hybridized carbons (Fsp3) is 0.475. The highest BCUT2D eigenvalue weighted by atomic mass is 16.5. The molecule has 1 saturated carbocycles. The molecule has 0 unspecified atom stereocenters. The number of hydrogen-bond acceptors (Lipinski definition) is 6. The van der Waals surface area contributed by atoms with E-state index in [1.165, 1.54) is 12.7 Å². The van der Waals surface area contributed by atoms with Crippen LogP contribution in [0.4, 0.5) is 4.79 Å². The van der Waals surface area contributed by atoms with E-state index in [0.29, 0.717) is 12.5 Å². The van der Waals surface area contributed by atoms with Crippen molar-refractivity contribution < 1.29 is 19.1 Å². The highest BCUT2D eigenvalue weighted by Crippen LogP contribution is 2.38. The van der Waals surface area contributed by atoms with Gasteiger partial charge in [0.25, 0.3) is 0 Å². The van der Waals surface area contributed by atoms with E-state index in [1.54, 1.807) is 0 Å². The Hall–Kier alpha value is -4.91. The highest BCUT2D eigenvalue weighted by Gasteiger charge is 2.43. The molecule has 4 heterocycles. The van der Waals surface area contributed by atoms with Crippen LogP contribution < -0.4 is 5.32 Å². The number of amides is 3. The molecular weight excluding hydrogens is 628 g/mol. The van der Waals surface area contributed by atoms with E-state index in [1.807, 2.05) is 48.4 Å². The number of likely N-dealkylation sites (tertiary alicyclic amines) is 2. The first-order valence-electron chi connectivity index (χ1n) is 18.0. The molecule has 3 aromatic rings. The van der Waals surface area contributed by atoms with Gasteiger partial charge in [-0.2, -0.15) is 0 Å². The minimum absolute atomic E-state index is 0.0152. The van der Waals surface area contributed by atoms with E-state index in [-0.39, 0.29) is 35.7 Å². The quantitative estimate of drug-likeness (QED) is 0.275. The number of hydrogen-bond donors (Lipinski definition) is 2. The van der Waals surface area contributed by atoms with Gasteiger partial charge in [0.2, 0.25) is 11.8 Å². The maximum atomic E-state index is 13.6. The number of methoxy groups -OCH3 is 1. The van der Waals surface area contributed by atoms with Gasteiger partial charge in [0.1, 0.15) is 11.9 Å². The SMILES string of the molecule is COC(=O)N[C@H](C(=O)N1CCC[C@H]1c1nc2ccc(C#Cc3ccc(C4=CN=C([C@@H]5CCCN5C(=O)[C@@H](C)C(C)C)C4)cc3)cc2[nH]1)C1CC1. The molecule has 4 aliphatic rings. The number of nitrogens with zero attached hydrogens (tertiary/aromatic N) is 4. The summed E-state index contributed by atoms with van der Waals surface area (Å²) in [6.07, 6.45) is 7.68.